The van der Waals surface area contributed by atoms with E-state index in [0.717, 1.165) is 18.2 Å². The molecule has 0 aromatic heterocycles. The lowest BCUT2D eigenvalue weighted by atomic mass is 9.91. The third-order valence-corrected chi connectivity index (χ3v) is 3.03. The predicted molar refractivity (Wildman–Crippen MR) is 72.0 cm³/mol. The second-order valence-electron chi connectivity index (χ2n) is 4.30. The molecule has 0 bridgehead atoms. The second kappa shape index (κ2) is 6.14. The van der Waals surface area contributed by atoms with Crippen molar-refractivity contribution >= 4 is 5.78 Å². The molecule has 5 heteroatoms. The molecule has 0 spiro atoms. The second-order valence-corrected chi connectivity index (χ2v) is 4.30. The molecule has 0 saturated heterocycles. The molecule has 0 fully saturated rings. The van der Waals surface area contributed by atoms with Crippen LogP contribution in [0.3, 0.4) is 0 Å². The summed E-state index contributed by atoms with van der Waals surface area (Å²) in [6.07, 6.45) is 0. The van der Waals surface area contributed by atoms with E-state index >= 15 is 0 Å². The third-order valence-electron chi connectivity index (χ3n) is 3.03. The Labute approximate surface area is 120 Å². The maximum absolute atomic E-state index is 13.7. The van der Waals surface area contributed by atoms with Crippen LogP contribution >= 0.6 is 0 Å². The number of carbonyl (C=O) groups is 1. The van der Waals surface area contributed by atoms with Gasteiger partial charge in [-0.05, 0) is 29.8 Å². The zero-order chi connectivity index (χ0) is 15.4. The smallest absolute Gasteiger partial charge is 0.190 e. The topological polar surface area (TPSA) is 50.1 Å². The summed E-state index contributed by atoms with van der Waals surface area (Å²) in [4.78, 5) is 12.3. The van der Waals surface area contributed by atoms with Crippen LogP contribution in [0.1, 0.15) is 21.8 Å². The van der Waals surface area contributed by atoms with Gasteiger partial charge in [-0.1, -0.05) is 18.2 Å². The molecule has 106 valence electrons. The number of nitrogens with zero attached hydrogens (tertiary/aromatic N) is 1. The van der Waals surface area contributed by atoms with Gasteiger partial charge >= 0.3 is 0 Å². The molecular weight excluding hydrogens is 276 g/mol. The normalized spacial score (nSPS) is 11.5. The van der Waals surface area contributed by atoms with Gasteiger partial charge in [-0.2, -0.15) is 5.26 Å². The van der Waals surface area contributed by atoms with Crippen molar-refractivity contribution in [2.24, 2.45) is 0 Å². The van der Waals surface area contributed by atoms with Crippen LogP contribution in [0, 0.1) is 23.0 Å². The van der Waals surface area contributed by atoms with Gasteiger partial charge in [-0.25, -0.2) is 8.78 Å². The molecule has 21 heavy (non-hydrogen) atoms. The van der Waals surface area contributed by atoms with Crippen LogP contribution in [-0.2, 0) is 0 Å². The van der Waals surface area contributed by atoms with Crippen LogP contribution in [0.2, 0.25) is 0 Å². The Kier molecular flexibility index (Phi) is 4.29. The number of nitriles is 1. The number of rotatable bonds is 4. The lowest BCUT2D eigenvalue weighted by Crippen LogP contribution is -2.15. The molecule has 2 rings (SSSR count). The van der Waals surface area contributed by atoms with E-state index in [-0.39, 0.29) is 0 Å². The van der Waals surface area contributed by atoms with Gasteiger partial charge < -0.3 is 4.74 Å². The highest BCUT2D eigenvalue weighted by atomic mass is 19.1. The van der Waals surface area contributed by atoms with Crippen LogP contribution in [0.25, 0.3) is 0 Å². The molecule has 0 amide bonds. The summed E-state index contributed by atoms with van der Waals surface area (Å²) in [5, 5.41) is 9.20. The Morgan fingerprint density at radius 1 is 1.19 bits per heavy atom. The Hall–Kier alpha value is -2.74. The molecule has 2 aromatic rings. The van der Waals surface area contributed by atoms with Gasteiger partial charge in [0.1, 0.15) is 23.3 Å². The third kappa shape index (κ3) is 2.90. The van der Waals surface area contributed by atoms with Crippen molar-refractivity contribution < 1.29 is 18.3 Å². The van der Waals surface area contributed by atoms with Crippen LogP contribution in [0.4, 0.5) is 8.78 Å². The average Bonchev–Trinajstić information content (AvgIpc) is 2.48. The zero-order valence-electron chi connectivity index (χ0n) is 11.1. The standard InChI is InChI=1S/C16H11F2NO2/c1-21-11-5-2-4-10(8-11)12(9-19)16(20)15-13(17)6-3-7-14(15)18/h2-8,12H,1H3. The minimum atomic E-state index is -1.30. The first-order valence-corrected chi connectivity index (χ1v) is 6.10. The van der Waals surface area contributed by atoms with E-state index in [1.165, 1.54) is 19.2 Å². The Balaban J connectivity index is 2.46. The van der Waals surface area contributed by atoms with E-state index in [9.17, 15) is 18.8 Å². The maximum Gasteiger partial charge on any atom is 0.190 e. The summed E-state index contributed by atoms with van der Waals surface area (Å²) in [5.74, 6) is -3.73. The first-order chi connectivity index (χ1) is 10.1. The summed E-state index contributed by atoms with van der Waals surface area (Å²) in [6.45, 7) is 0. The fraction of sp³-hybridized carbons (Fsp3) is 0.125. The highest BCUT2D eigenvalue weighted by Crippen LogP contribution is 2.26. The number of benzene rings is 2. The molecule has 1 unspecified atom stereocenters. The molecule has 0 radical (unpaired) electrons. The summed E-state index contributed by atoms with van der Waals surface area (Å²) >= 11 is 0. The van der Waals surface area contributed by atoms with Crippen LogP contribution < -0.4 is 4.74 Å². The van der Waals surface area contributed by atoms with Gasteiger partial charge in [0.25, 0.3) is 0 Å². The number of carbonyl (C=O) groups excluding carboxylic acids is 1. The molecular formula is C16H11F2NO2. The Morgan fingerprint density at radius 2 is 1.81 bits per heavy atom. The van der Waals surface area contributed by atoms with E-state index in [4.69, 9.17) is 4.74 Å². The summed E-state index contributed by atoms with van der Waals surface area (Å²) in [5.41, 5.74) is -0.378. The number of hydrogen-bond donors (Lipinski definition) is 0. The summed E-state index contributed by atoms with van der Waals surface area (Å²) in [7, 11) is 1.44. The zero-order valence-corrected chi connectivity index (χ0v) is 11.1. The van der Waals surface area contributed by atoms with Crippen molar-refractivity contribution in [1.29, 1.82) is 5.26 Å². The highest BCUT2D eigenvalue weighted by Gasteiger charge is 2.27. The van der Waals surface area contributed by atoms with Crippen LogP contribution in [0.15, 0.2) is 42.5 Å². The largest absolute Gasteiger partial charge is 0.497 e. The lowest BCUT2D eigenvalue weighted by Gasteiger charge is -2.11. The SMILES string of the molecule is COc1cccc(C(C#N)C(=O)c2c(F)cccc2F)c1. The molecule has 0 aliphatic heterocycles. The molecule has 2 aromatic carbocycles. The van der Waals surface area contributed by atoms with E-state index < -0.39 is 28.9 Å². The number of Topliss-reactive ketones (excluding diaryl/α,β-unsaturated/α-hetero) is 1. The molecule has 3 nitrogen and oxygen atoms in total. The first kappa shape index (κ1) is 14.7. The highest BCUT2D eigenvalue weighted by molar-refractivity contribution is 6.03. The minimum absolute atomic E-state index is 0.324. The monoisotopic (exact) mass is 287 g/mol. The molecule has 0 aliphatic rings. The van der Waals surface area contributed by atoms with Crippen molar-refractivity contribution in [3.05, 3.63) is 65.2 Å². The van der Waals surface area contributed by atoms with Gasteiger partial charge in [0.15, 0.2) is 5.78 Å². The van der Waals surface area contributed by atoms with Gasteiger partial charge in [0.05, 0.1) is 18.7 Å². The molecule has 0 N–H and O–H groups in total. The van der Waals surface area contributed by atoms with Crippen LogP contribution in [-0.4, -0.2) is 12.9 Å². The van der Waals surface area contributed by atoms with Crippen LogP contribution in [0.5, 0.6) is 5.75 Å². The number of hydrogen-bond acceptors (Lipinski definition) is 3. The molecule has 0 aliphatic carbocycles. The van der Waals surface area contributed by atoms with E-state index in [1.54, 1.807) is 18.2 Å². The first-order valence-electron chi connectivity index (χ1n) is 6.10. The summed E-state index contributed by atoms with van der Waals surface area (Å²) in [6, 6.07) is 11.2. The molecule has 0 saturated carbocycles. The average molecular weight is 287 g/mol. The van der Waals surface area contributed by atoms with Crippen molar-refractivity contribution in [2.45, 2.75) is 5.92 Å². The maximum atomic E-state index is 13.7. The van der Waals surface area contributed by atoms with Crippen molar-refractivity contribution in [3.8, 4) is 11.8 Å². The van der Waals surface area contributed by atoms with Gasteiger partial charge in [-0.15, -0.1) is 0 Å². The number of ketones is 1. The predicted octanol–water partition coefficient (Wildman–Crippen LogP) is 3.46. The Morgan fingerprint density at radius 3 is 2.38 bits per heavy atom. The van der Waals surface area contributed by atoms with E-state index in [0.29, 0.717) is 11.3 Å². The fourth-order valence-corrected chi connectivity index (χ4v) is 1.98. The number of methoxy groups -OCH3 is 1. The van der Waals surface area contributed by atoms with Crippen molar-refractivity contribution in [1.82, 2.24) is 0 Å². The van der Waals surface area contributed by atoms with Crippen molar-refractivity contribution in [3.63, 3.8) is 0 Å². The lowest BCUT2D eigenvalue weighted by molar-refractivity contribution is 0.0970. The minimum Gasteiger partial charge on any atom is -0.497 e. The van der Waals surface area contributed by atoms with Gasteiger partial charge in [-0.3, -0.25) is 4.79 Å². The fourth-order valence-electron chi connectivity index (χ4n) is 1.98. The van der Waals surface area contributed by atoms with E-state index in [1.807, 2.05) is 0 Å². The molecule has 0 heterocycles. The van der Waals surface area contributed by atoms with Crippen molar-refractivity contribution in [2.75, 3.05) is 7.11 Å². The molecule has 1 atom stereocenters. The Bertz CT molecular complexity index is 702. The number of halogens is 2. The van der Waals surface area contributed by atoms with Gasteiger partial charge in [0, 0.05) is 0 Å². The number of ether oxygens (including phenoxy) is 1. The summed E-state index contributed by atoms with van der Waals surface area (Å²) < 4.78 is 32.3. The quantitative estimate of drug-likeness (QED) is 0.809. The van der Waals surface area contributed by atoms with Gasteiger partial charge in [0.2, 0.25) is 0 Å². The van der Waals surface area contributed by atoms with E-state index in [2.05, 4.69) is 0 Å².